The van der Waals surface area contributed by atoms with E-state index in [1.54, 1.807) is 36.2 Å². The molecule has 8 heteroatoms. The molecule has 7 nitrogen and oxygen atoms in total. The molecule has 0 radical (unpaired) electrons. The molecule has 0 spiro atoms. The van der Waals surface area contributed by atoms with Crippen LogP contribution >= 0.6 is 11.8 Å². The summed E-state index contributed by atoms with van der Waals surface area (Å²) in [5.41, 5.74) is 10.1. The third kappa shape index (κ3) is 4.35. The number of hydrogen-bond donors (Lipinski definition) is 3. The van der Waals surface area contributed by atoms with Crippen LogP contribution in [0.15, 0.2) is 65.8 Å². The van der Waals surface area contributed by atoms with Gasteiger partial charge in [0.25, 0.3) is 5.91 Å². The van der Waals surface area contributed by atoms with Gasteiger partial charge >= 0.3 is 0 Å². The zero-order chi connectivity index (χ0) is 25.4. The van der Waals surface area contributed by atoms with Gasteiger partial charge in [-0.25, -0.2) is 4.98 Å². The molecule has 0 bridgehead atoms. The normalized spacial score (nSPS) is 11.3. The zero-order valence-electron chi connectivity index (χ0n) is 20.4. The Labute approximate surface area is 213 Å². The maximum atomic E-state index is 13.0. The van der Waals surface area contributed by atoms with Gasteiger partial charge in [-0.3, -0.25) is 9.48 Å². The number of aryl methyl sites for hydroxylation is 2. The highest BCUT2D eigenvalue weighted by Gasteiger charge is 2.17. The summed E-state index contributed by atoms with van der Waals surface area (Å²) in [5, 5.41) is 21.8. The van der Waals surface area contributed by atoms with Gasteiger partial charge in [-0.1, -0.05) is 18.2 Å². The van der Waals surface area contributed by atoms with Gasteiger partial charge in [0.15, 0.2) is 0 Å². The van der Waals surface area contributed by atoms with Gasteiger partial charge in [0, 0.05) is 45.9 Å². The number of aromatic hydroxyl groups is 1. The summed E-state index contributed by atoms with van der Waals surface area (Å²) < 4.78 is 1.87. The average Bonchev–Trinajstić information content (AvgIpc) is 3.36. The number of carbonyl (C=O) groups is 1. The lowest BCUT2D eigenvalue weighted by Gasteiger charge is -2.15. The highest BCUT2D eigenvalue weighted by atomic mass is 32.2. The van der Waals surface area contributed by atoms with Crippen LogP contribution in [0.4, 0.5) is 5.82 Å². The number of pyridine rings is 1. The van der Waals surface area contributed by atoms with Gasteiger partial charge < -0.3 is 16.2 Å². The lowest BCUT2D eigenvalue weighted by atomic mass is 9.98. The molecule has 0 aliphatic carbocycles. The highest BCUT2D eigenvalue weighted by Crippen LogP contribution is 2.42. The number of rotatable bonds is 6. The summed E-state index contributed by atoms with van der Waals surface area (Å²) in [7, 11) is 0. The topological polar surface area (TPSA) is 106 Å². The van der Waals surface area contributed by atoms with Gasteiger partial charge in [0.05, 0.1) is 6.54 Å². The first-order chi connectivity index (χ1) is 17.4. The number of nitrogens with one attached hydrogen (secondary N) is 1. The number of phenols is 1. The molecular weight excluding hydrogens is 470 g/mol. The van der Waals surface area contributed by atoms with Crippen molar-refractivity contribution >= 4 is 45.0 Å². The van der Waals surface area contributed by atoms with Crippen LogP contribution in [-0.2, 0) is 13.1 Å². The fourth-order valence-corrected chi connectivity index (χ4v) is 5.47. The first-order valence-corrected chi connectivity index (χ1v) is 12.8. The number of thioether (sulfide) groups is 1. The van der Waals surface area contributed by atoms with Gasteiger partial charge in [0.2, 0.25) is 0 Å². The van der Waals surface area contributed by atoms with Crippen molar-refractivity contribution in [2.45, 2.75) is 31.8 Å². The molecule has 2 aromatic heterocycles. The Kier molecular flexibility index (Phi) is 6.28. The number of anilines is 1. The van der Waals surface area contributed by atoms with Crippen LogP contribution in [0, 0.1) is 13.8 Å². The van der Waals surface area contributed by atoms with E-state index >= 15 is 0 Å². The van der Waals surface area contributed by atoms with E-state index in [0.717, 1.165) is 43.4 Å². The van der Waals surface area contributed by atoms with Gasteiger partial charge in [-0.2, -0.15) is 5.10 Å². The molecule has 0 atom stereocenters. The van der Waals surface area contributed by atoms with E-state index in [2.05, 4.69) is 21.5 Å². The number of benzene rings is 3. The molecule has 0 fully saturated rings. The number of nitrogens with two attached hydrogens (primary N) is 1. The van der Waals surface area contributed by atoms with E-state index < -0.39 is 0 Å². The van der Waals surface area contributed by atoms with E-state index in [-0.39, 0.29) is 11.7 Å². The van der Waals surface area contributed by atoms with Gasteiger partial charge in [-0.05, 0) is 77.9 Å². The summed E-state index contributed by atoms with van der Waals surface area (Å²) in [6.07, 6.45) is 5.71. The van der Waals surface area contributed by atoms with Gasteiger partial charge in [0.1, 0.15) is 11.6 Å². The first kappa shape index (κ1) is 23.7. The van der Waals surface area contributed by atoms with Crippen molar-refractivity contribution in [2.24, 2.45) is 0 Å². The monoisotopic (exact) mass is 497 g/mol. The lowest BCUT2D eigenvalue weighted by molar-refractivity contribution is 0.0951. The predicted molar refractivity (Wildman–Crippen MR) is 146 cm³/mol. The molecule has 182 valence electrons. The molecule has 0 saturated carbocycles. The van der Waals surface area contributed by atoms with E-state index in [1.807, 2.05) is 55.2 Å². The molecule has 2 heterocycles. The van der Waals surface area contributed by atoms with E-state index in [1.165, 1.54) is 0 Å². The van der Waals surface area contributed by atoms with E-state index in [4.69, 9.17) is 5.73 Å². The fourth-order valence-electron chi connectivity index (χ4n) is 4.68. The Morgan fingerprint density at radius 1 is 1.08 bits per heavy atom. The van der Waals surface area contributed by atoms with Crippen molar-refractivity contribution in [1.82, 2.24) is 20.1 Å². The molecule has 4 N–H and O–H groups in total. The third-order valence-electron chi connectivity index (χ3n) is 6.47. The molecule has 36 heavy (non-hydrogen) atoms. The molecule has 5 rings (SSSR count). The minimum Gasteiger partial charge on any atom is -0.507 e. The summed E-state index contributed by atoms with van der Waals surface area (Å²) >= 11 is 1.63. The summed E-state index contributed by atoms with van der Waals surface area (Å²) in [6, 6.07) is 15.2. The number of hydrogen-bond acceptors (Lipinski definition) is 6. The number of nitrogens with zero attached hydrogens (tertiary/aromatic N) is 3. The van der Waals surface area contributed by atoms with Gasteiger partial charge in [-0.15, -0.1) is 11.8 Å². The highest BCUT2D eigenvalue weighted by molar-refractivity contribution is 7.99. The number of fused-ring (bicyclic) bond motifs is 2. The van der Waals surface area contributed by atoms with E-state index in [0.29, 0.717) is 29.9 Å². The minimum atomic E-state index is -0.215. The first-order valence-electron chi connectivity index (χ1n) is 11.6. The van der Waals surface area contributed by atoms with Crippen molar-refractivity contribution in [3.63, 3.8) is 0 Å². The number of amides is 1. The standard InChI is InChI=1S/C28H27N5O2S/c1-16-11-25(29)32-17(2)24(16)14-30-28(35)19-6-8-21-22(13-19)26(34)20-7-5-18(12-23(20)27(21)36-3)15-33-10-4-9-31-33/h4-13,34H,14-15H2,1-3H3,(H2,29,32)(H,30,35). The maximum Gasteiger partial charge on any atom is 0.251 e. The summed E-state index contributed by atoms with van der Waals surface area (Å²) in [6.45, 7) is 4.84. The van der Waals surface area contributed by atoms with Crippen molar-refractivity contribution in [3.8, 4) is 5.75 Å². The van der Waals surface area contributed by atoms with Crippen molar-refractivity contribution in [3.05, 3.63) is 88.9 Å². The largest absolute Gasteiger partial charge is 0.507 e. The lowest BCUT2D eigenvalue weighted by Crippen LogP contribution is -2.24. The van der Waals surface area contributed by atoms with Crippen LogP contribution < -0.4 is 11.1 Å². The molecule has 0 saturated heterocycles. The Balaban J connectivity index is 1.49. The zero-order valence-corrected chi connectivity index (χ0v) is 21.2. The minimum absolute atomic E-state index is 0.174. The Hall–Kier alpha value is -4.04. The molecule has 1 amide bonds. The summed E-state index contributed by atoms with van der Waals surface area (Å²) in [4.78, 5) is 18.4. The van der Waals surface area contributed by atoms with Crippen LogP contribution in [0.2, 0.25) is 0 Å². The smallest absolute Gasteiger partial charge is 0.251 e. The second-order valence-electron chi connectivity index (χ2n) is 8.84. The fraction of sp³-hybridized carbons (Fsp3) is 0.179. The maximum absolute atomic E-state index is 13.0. The third-order valence-corrected chi connectivity index (χ3v) is 7.32. The van der Waals surface area contributed by atoms with Crippen LogP contribution in [0.5, 0.6) is 5.75 Å². The average molecular weight is 498 g/mol. The van der Waals surface area contributed by atoms with Crippen molar-refractivity contribution in [2.75, 3.05) is 12.0 Å². The molecule has 0 aliphatic rings. The van der Waals surface area contributed by atoms with Crippen molar-refractivity contribution in [1.29, 1.82) is 0 Å². The predicted octanol–water partition coefficient (Wildman–Crippen LogP) is 5.19. The number of carbonyl (C=O) groups excluding carboxylic acids is 1. The SMILES string of the molecule is CSc1c2ccc(C(=O)NCc3c(C)cc(N)nc3C)cc2c(O)c2ccc(Cn3cccn3)cc12. The quantitative estimate of drug-likeness (QED) is 0.220. The Morgan fingerprint density at radius 3 is 2.61 bits per heavy atom. The van der Waals surface area contributed by atoms with Crippen LogP contribution in [0.3, 0.4) is 0 Å². The molecular formula is C28H27N5O2S. The Bertz CT molecular complexity index is 1590. The molecule has 0 aliphatic heterocycles. The summed E-state index contributed by atoms with van der Waals surface area (Å²) in [5.74, 6) is 0.426. The molecule has 0 unspecified atom stereocenters. The number of aromatic nitrogens is 3. The Morgan fingerprint density at radius 2 is 1.89 bits per heavy atom. The molecule has 5 aromatic rings. The van der Waals surface area contributed by atoms with Crippen molar-refractivity contribution < 1.29 is 9.90 Å². The second kappa shape index (κ2) is 9.54. The second-order valence-corrected chi connectivity index (χ2v) is 9.65. The van der Waals surface area contributed by atoms with Crippen LogP contribution in [0.1, 0.15) is 32.7 Å². The van der Waals surface area contributed by atoms with Crippen LogP contribution in [-0.4, -0.2) is 32.0 Å². The molecule has 3 aromatic carbocycles. The number of nitrogen functional groups attached to an aromatic ring is 1. The van der Waals surface area contributed by atoms with Crippen LogP contribution in [0.25, 0.3) is 21.5 Å². The van der Waals surface area contributed by atoms with E-state index in [9.17, 15) is 9.90 Å². The number of phenolic OH excluding ortho intramolecular Hbond substituents is 1.